The van der Waals surface area contributed by atoms with Gasteiger partial charge in [0, 0.05) is 21.9 Å². The highest BCUT2D eigenvalue weighted by atomic mass is 32.1. The molecule has 212 valence electrons. The lowest BCUT2D eigenvalue weighted by Crippen LogP contribution is -2.12. The molecule has 0 aliphatic rings. The monoisotopic (exact) mass is 590 g/mol. The molecule has 4 rings (SSSR count). The van der Waals surface area contributed by atoms with Crippen LogP contribution in [0.4, 0.5) is 0 Å². The molecule has 0 amide bonds. The molecule has 0 spiro atoms. The summed E-state index contributed by atoms with van der Waals surface area (Å²) in [6.07, 6.45) is 6.27. The number of carbonyl (C=O) groups is 2. The first-order valence-electron chi connectivity index (χ1n) is 12.7. The Morgan fingerprint density at radius 1 is 0.878 bits per heavy atom. The zero-order valence-corrected chi connectivity index (χ0v) is 24.6. The Morgan fingerprint density at radius 3 is 1.76 bits per heavy atom. The van der Waals surface area contributed by atoms with Crippen LogP contribution >= 0.6 is 22.7 Å². The fourth-order valence-corrected chi connectivity index (χ4v) is 4.77. The highest BCUT2D eigenvalue weighted by molar-refractivity contribution is 7.13. The van der Waals surface area contributed by atoms with Crippen molar-refractivity contribution in [3.05, 3.63) is 83.3 Å². The summed E-state index contributed by atoms with van der Waals surface area (Å²) in [5, 5.41) is 4.88. The fourth-order valence-electron chi connectivity index (χ4n) is 3.18. The number of hydrogen-bond acceptors (Lipinski definition) is 10. The van der Waals surface area contributed by atoms with Crippen molar-refractivity contribution < 1.29 is 28.5 Å². The van der Waals surface area contributed by atoms with Gasteiger partial charge in [0.15, 0.2) is 18.0 Å². The van der Waals surface area contributed by atoms with Gasteiger partial charge < -0.3 is 18.9 Å². The second-order valence-electron chi connectivity index (χ2n) is 8.12. The Kier molecular flexibility index (Phi) is 12.1. The molecule has 41 heavy (non-hydrogen) atoms. The van der Waals surface area contributed by atoms with Crippen LogP contribution in [0.3, 0.4) is 0 Å². The topological polar surface area (TPSA) is 96.8 Å². The summed E-state index contributed by atoms with van der Waals surface area (Å²) in [5.41, 5.74) is 2.46. The number of rotatable bonds is 11. The molecule has 0 saturated heterocycles. The molecule has 0 aliphatic heterocycles. The van der Waals surface area contributed by atoms with Crippen LogP contribution in [0.1, 0.15) is 41.7 Å². The van der Waals surface area contributed by atoms with Crippen molar-refractivity contribution in [2.45, 2.75) is 26.9 Å². The number of carbonyl (C=O) groups excluding carboxylic acids is 2. The van der Waals surface area contributed by atoms with Crippen LogP contribution in [0.5, 0.6) is 11.5 Å². The van der Waals surface area contributed by atoms with Gasteiger partial charge in [-0.1, -0.05) is 18.6 Å². The van der Waals surface area contributed by atoms with Gasteiger partial charge in [-0.15, -0.1) is 29.1 Å². The summed E-state index contributed by atoms with van der Waals surface area (Å²) in [6, 6.07) is 15.2. The number of ether oxygens (including phenoxy) is 4. The fraction of sp³-hybridized carbons (Fsp3) is 0.226. The Hall–Kier alpha value is -4.46. The molecule has 8 nitrogen and oxygen atoms in total. The normalized spacial score (nSPS) is 10.8. The minimum atomic E-state index is -0.503. The molecule has 1 atom stereocenters. The second kappa shape index (κ2) is 16.0. The van der Waals surface area contributed by atoms with Crippen LogP contribution in [0.25, 0.3) is 21.1 Å². The van der Waals surface area contributed by atoms with Crippen molar-refractivity contribution in [3.63, 3.8) is 0 Å². The smallest absolute Gasteiger partial charge is 0.358 e. The second-order valence-corrected chi connectivity index (χ2v) is 9.83. The van der Waals surface area contributed by atoms with Gasteiger partial charge >= 0.3 is 11.9 Å². The number of terminal acetylenes is 1. The van der Waals surface area contributed by atoms with E-state index < -0.39 is 11.9 Å². The number of nitrogens with zero attached hydrogens (tertiary/aromatic N) is 2. The maximum atomic E-state index is 11.9. The Balaban J connectivity index is 0.000000226. The molecule has 0 bridgehead atoms. The average molecular weight is 591 g/mol. The number of hydrogen-bond donors (Lipinski definition) is 0. The molecule has 0 radical (unpaired) electrons. The van der Waals surface area contributed by atoms with Crippen molar-refractivity contribution in [2.24, 2.45) is 0 Å². The van der Waals surface area contributed by atoms with Gasteiger partial charge in [-0.3, -0.25) is 0 Å². The third-order valence-electron chi connectivity index (χ3n) is 5.16. The van der Waals surface area contributed by atoms with Crippen molar-refractivity contribution in [2.75, 3.05) is 19.8 Å². The van der Waals surface area contributed by atoms with Gasteiger partial charge in [0.2, 0.25) is 0 Å². The van der Waals surface area contributed by atoms with Crippen LogP contribution in [0.2, 0.25) is 0 Å². The van der Waals surface area contributed by atoms with E-state index in [2.05, 4.69) is 22.5 Å². The van der Waals surface area contributed by atoms with Gasteiger partial charge in [-0.05, 0) is 69.3 Å². The highest BCUT2D eigenvalue weighted by Gasteiger charge is 2.15. The molecule has 4 aromatic rings. The van der Waals surface area contributed by atoms with Crippen molar-refractivity contribution in [3.8, 4) is 45.0 Å². The van der Waals surface area contributed by atoms with Crippen LogP contribution < -0.4 is 9.47 Å². The quantitative estimate of drug-likeness (QED) is 0.105. The predicted octanol–water partition coefficient (Wildman–Crippen LogP) is 6.94. The number of esters is 2. The van der Waals surface area contributed by atoms with E-state index in [1.54, 1.807) is 23.8 Å². The number of thiazole rings is 2. The molecular weight excluding hydrogens is 560 g/mol. The summed E-state index contributed by atoms with van der Waals surface area (Å²) in [5.74, 6) is 2.93. The first-order chi connectivity index (χ1) is 19.9. The van der Waals surface area contributed by atoms with Gasteiger partial charge in [0.1, 0.15) is 27.6 Å². The average Bonchev–Trinajstić information content (AvgIpc) is 3.69. The van der Waals surface area contributed by atoms with E-state index in [4.69, 9.17) is 25.4 Å². The van der Waals surface area contributed by atoms with E-state index in [-0.39, 0.29) is 18.4 Å². The van der Waals surface area contributed by atoms with Gasteiger partial charge in [0.05, 0.1) is 13.2 Å². The van der Waals surface area contributed by atoms with E-state index in [1.165, 1.54) is 22.7 Å². The lowest BCUT2D eigenvalue weighted by Gasteiger charge is -2.06. The van der Waals surface area contributed by atoms with Crippen molar-refractivity contribution in [1.29, 1.82) is 0 Å². The standard InChI is InChI=1S/C16H17NO3S.C15H13NO3S/c1-4-11(3)20-16(18)14-10-21-15(17-14)12-6-8-13(9-7-12)19-5-2;1-3-9-19-15(17)13-10-20-14(16-13)11-5-7-12(8-6-11)18-4-2/h4,6-11H,1,5H2,2-3H3;1,5-8,10H,4,9H2,2H3. The first-order valence-corrected chi connectivity index (χ1v) is 14.5. The lowest BCUT2D eigenvalue weighted by molar-refractivity contribution is 0.0418. The SMILES string of the molecule is C#CCOC(=O)c1csc(-c2ccc(OCC)cc2)n1.C=CC(C)OC(=O)c1csc(-c2ccc(OCC)cc2)n1. The largest absolute Gasteiger partial charge is 0.494 e. The van der Waals surface area contributed by atoms with E-state index in [0.717, 1.165) is 32.6 Å². The van der Waals surface area contributed by atoms with E-state index in [0.29, 0.717) is 18.9 Å². The maximum absolute atomic E-state index is 11.9. The summed E-state index contributed by atoms with van der Waals surface area (Å²) >= 11 is 2.79. The van der Waals surface area contributed by atoms with Crippen LogP contribution in [-0.2, 0) is 9.47 Å². The molecule has 0 fully saturated rings. The van der Waals surface area contributed by atoms with Crippen molar-refractivity contribution >= 4 is 34.6 Å². The summed E-state index contributed by atoms with van der Waals surface area (Å²) in [6.45, 7) is 10.4. The molecule has 0 aliphatic carbocycles. The zero-order valence-electron chi connectivity index (χ0n) is 23.0. The molecule has 2 heterocycles. The number of benzene rings is 2. The van der Waals surface area contributed by atoms with E-state index in [1.807, 2.05) is 62.4 Å². The van der Waals surface area contributed by atoms with Crippen LogP contribution in [0.15, 0.2) is 71.9 Å². The summed E-state index contributed by atoms with van der Waals surface area (Å²) in [7, 11) is 0. The minimum Gasteiger partial charge on any atom is -0.494 e. The van der Waals surface area contributed by atoms with Crippen molar-refractivity contribution in [1.82, 2.24) is 9.97 Å². The van der Waals surface area contributed by atoms with Gasteiger partial charge in [0.25, 0.3) is 0 Å². The summed E-state index contributed by atoms with van der Waals surface area (Å²) < 4.78 is 20.7. The minimum absolute atomic E-state index is 0.0469. The molecule has 0 saturated carbocycles. The molecule has 2 aromatic heterocycles. The van der Waals surface area contributed by atoms with E-state index >= 15 is 0 Å². The lowest BCUT2D eigenvalue weighted by atomic mass is 10.2. The third-order valence-corrected chi connectivity index (χ3v) is 6.95. The van der Waals surface area contributed by atoms with E-state index in [9.17, 15) is 9.59 Å². The highest BCUT2D eigenvalue weighted by Crippen LogP contribution is 2.27. The molecule has 2 aromatic carbocycles. The molecular formula is C31H30N2O6S2. The Bertz CT molecular complexity index is 1470. The Morgan fingerprint density at radius 2 is 1.34 bits per heavy atom. The van der Waals surface area contributed by atoms with Crippen LogP contribution in [-0.4, -0.2) is 47.8 Å². The van der Waals surface area contributed by atoms with Crippen LogP contribution in [0, 0.1) is 12.3 Å². The van der Waals surface area contributed by atoms with Gasteiger partial charge in [-0.2, -0.15) is 0 Å². The van der Waals surface area contributed by atoms with Gasteiger partial charge in [-0.25, -0.2) is 19.6 Å². The molecule has 10 heteroatoms. The maximum Gasteiger partial charge on any atom is 0.358 e. The first kappa shape index (κ1) is 31.1. The Labute approximate surface area is 247 Å². The predicted molar refractivity (Wildman–Crippen MR) is 162 cm³/mol. The zero-order chi connectivity index (χ0) is 29.6. The summed E-state index contributed by atoms with van der Waals surface area (Å²) in [4.78, 5) is 32.0. The molecule has 1 unspecified atom stereocenters. The number of aromatic nitrogens is 2. The molecule has 0 N–H and O–H groups in total. The third kappa shape index (κ3) is 9.31.